The lowest BCUT2D eigenvalue weighted by Crippen LogP contribution is -2.49. The molecule has 0 unspecified atom stereocenters. The van der Waals surface area contributed by atoms with Gasteiger partial charge in [-0.05, 0) is 48.5 Å². The summed E-state index contributed by atoms with van der Waals surface area (Å²) < 4.78 is 62.2. The second kappa shape index (κ2) is 11.2. The molecule has 1 saturated heterocycles. The molecule has 0 radical (unpaired) electrons. The zero-order valence-corrected chi connectivity index (χ0v) is 22.5. The number of para-hydroxylation sites is 1. The Morgan fingerprint density at radius 3 is 2.13 bits per heavy atom. The van der Waals surface area contributed by atoms with Crippen molar-refractivity contribution in [1.82, 2.24) is 14.1 Å². The molecule has 202 valence electrons. The van der Waals surface area contributed by atoms with E-state index in [4.69, 9.17) is 4.74 Å². The maximum Gasteiger partial charge on any atom is 0.287 e. The van der Waals surface area contributed by atoms with E-state index in [0.717, 1.165) is 27.4 Å². The Kier molecular flexibility index (Phi) is 7.69. The number of nitrogens with zero attached hydrogens (tertiary/aromatic N) is 4. The molecule has 0 bridgehead atoms. The largest absolute Gasteiger partial charge is 0.497 e. The van der Waals surface area contributed by atoms with Crippen molar-refractivity contribution in [3.05, 3.63) is 101 Å². The topological polar surface area (TPSA) is 84.7 Å². The van der Waals surface area contributed by atoms with Crippen LogP contribution in [0, 0.1) is 11.6 Å². The van der Waals surface area contributed by atoms with E-state index in [9.17, 15) is 22.0 Å². The summed E-state index contributed by atoms with van der Waals surface area (Å²) in [6.07, 6.45) is 1.58. The lowest BCUT2D eigenvalue weighted by Gasteiger charge is -2.36. The number of hydrogen-bond donors (Lipinski definition) is 0. The SMILES string of the molecule is COc1ccc(Sc2c(N3CCN(S(=O)(=O)c4c(F)cccc4F)CC3)cnn(-c3ccccc3)c2=O)cc1. The average Bonchev–Trinajstić information content (AvgIpc) is 2.95. The molecule has 0 aliphatic carbocycles. The van der Waals surface area contributed by atoms with Crippen LogP contribution >= 0.6 is 11.8 Å². The fourth-order valence-electron chi connectivity index (χ4n) is 4.29. The number of piperazine rings is 1. The number of ether oxygens (including phenoxy) is 1. The molecule has 3 aromatic carbocycles. The lowest BCUT2D eigenvalue weighted by molar-refractivity contribution is 0.377. The Balaban J connectivity index is 1.46. The minimum atomic E-state index is -4.39. The van der Waals surface area contributed by atoms with Crippen LogP contribution in [0.3, 0.4) is 0 Å². The predicted molar refractivity (Wildman–Crippen MR) is 144 cm³/mol. The quantitative estimate of drug-likeness (QED) is 0.330. The lowest BCUT2D eigenvalue weighted by atomic mass is 10.3. The van der Waals surface area contributed by atoms with Crippen molar-refractivity contribution in [3.8, 4) is 11.4 Å². The van der Waals surface area contributed by atoms with Crippen LogP contribution in [-0.4, -0.2) is 55.8 Å². The van der Waals surface area contributed by atoms with Crippen LogP contribution in [0.25, 0.3) is 5.69 Å². The van der Waals surface area contributed by atoms with Gasteiger partial charge in [0.15, 0.2) is 4.90 Å². The van der Waals surface area contributed by atoms with Crippen LogP contribution in [-0.2, 0) is 10.0 Å². The molecule has 0 atom stereocenters. The van der Waals surface area contributed by atoms with Gasteiger partial charge in [-0.3, -0.25) is 4.79 Å². The van der Waals surface area contributed by atoms with Crippen molar-refractivity contribution in [2.45, 2.75) is 14.7 Å². The number of methoxy groups -OCH3 is 1. The van der Waals surface area contributed by atoms with Crippen molar-refractivity contribution >= 4 is 27.5 Å². The fraction of sp³-hybridized carbons (Fsp3) is 0.185. The third kappa shape index (κ3) is 5.40. The number of rotatable bonds is 7. The molecule has 1 fully saturated rings. The zero-order valence-electron chi connectivity index (χ0n) is 20.8. The first-order chi connectivity index (χ1) is 18.8. The van der Waals surface area contributed by atoms with E-state index in [2.05, 4.69) is 5.10 Å². The molecular formula is C27H24F2N4O4S2. The number of aromatic nitrogens is 2. The maximum absolute atomic E-state index is 14.3. The molecule has 39 heavy (non-hydrogen) atoms. The highest BCUT2D eigenvalue weighted by Crippen LogP contribution is 2.34. The van der Waals surface area contributed by atoms with Gasteiger partial charge in [0.1, 0.15) is 22.3 Å². The smallest absolute Gasteiger partial charge is 0.287 e. The fourth-order valence-corrected chi connectivity index (χ4v) is 6.79. The highest BCUT2D eigenvalue weighted by Gasteiger charge is 2.34. The van der Waals surface area contributed by atoms with E-state index < -0.39 is 26.6 Å². The van der Waals surface area contributed by atoms with Gasteiger partial charge in [0.25, 0.3) is 5.56 Å². The first kappa shape index (κ1) is 26.9. The Labute approximate surface area is 228 Å². The standard InChI is InChI=1S/C27H24F2N4O4S2/c1-37-20-10-12-21(13-11-20)38-25-24(18-30-33(27(25)34)19-6-3-2-4-7-19)31-14-16-32(17-15-31)39(35,36)26-22(28)8-5-9-23(26)29/h2-13,18H,14-17H2,1H3. The molecular weight excluding hydrogens is 546 g/mol. The summed E-state index contributed by atoms with van der Waals surface area (Å²) in [4.78, 5) is 15.8. The second-order valence-corrected chi connectivity index (χ2v) is 11.6. The summed E-state index contributed by atoms with van der Waals surface area (Å²) in [6.45, 7) is 0.346. The van der Waals surface area contributed by atoms with Gasteiger partial charge in [-0.25, -0.2) is 17.2 Å². The van der Waals surface area contributed by atoms with Gasteiger partial charge in [-0.2, -0.15) is 14.1 Å². The van der Waals surface area contributed by atoms with Crippen molar-refractivity contribution in [2.75, 3.05) is 38.2 Å². The van der Waals surface area contributed by atoms with Crippen molar-refractivity contribution in [3.63, 3.8) is 0 Å². The maximum atomic E-state index is 14.3. The van der Waals surface area contributed by atoms with E-state index in [0.29, 0.717) is 22.0 Å². The summed E-state index contributed by atoms with van der Waals surface area (Å²) in [5.41, 5.74) is 0.818. The molecule has 1 aliphatic rings. The first-order valence-electron chi connectivity index (χ1n) is 12.0. The van der Waals surface area contributed by atoms with Gasteiger partial charge in [0.05, 0.1) is 24.7 Å². The monoisotopic (exact) mass is 570 g/mol. The van der Waals surface area contributed by atoms with Gasteiger partial charge in [-0.1, -0.05) is 36.0 Å². The highest BCUT2D eigenvalue weighted by molar-refractivity contribution is 7.99. The van der Waals surface area contributed by atoms with E-state index in [1.807, 2.05) is 35.2 Å². The molecule has 4 aromatic rings. The summed E-state index contributed by atoms with van der Waals surface area (Å²) in [5, 5.41) is 4.39. The summed E-state index contributed by atoms with van der Waals surface area (Å²) in [5.74, 6) is -1.59. The normalized spacial score (nSPS) is 14.4. The number of sulfonamides is 1. The minimum Gasteiger partial charge on any atom is -0.497 e. The zero-order chi connectivity index (χ0) is 27.6. The highest BCUT2D eigenvalue weighted by atomic mass is 32.2. The van der Waals surface area contributed by atoms with Crippen molar-refractivity contribution in [1.29, 1.82) is 0 Å². The van der Waals surface area contributed by atoms with Gasteiger partial charge in [0.2, 0.25) is 10.0 Å². The molecule has 0 spiro atoms. The Morgan fingerprint density at radius 2 is 1.51 bits per heavy atom. The van der Waals surface area contributed by atoms with Gasteiger partial charge >= 0.3 is 0 Å². The molecule has 12 heteroatoms. The van der Waals surface area contributed by atoms with Crippen LogP contribution in [0.15, 0.2) is 98.5 Å². The van der Waals surface area contributed by atoms with Gasteiger partial charge in [0, 0.05) is 31.1 Å². The van der Waals surface area contributed by atoms with E-state index >= 15 is 0 Å². The first-order valence-corrected chi connectivity index (χ1v) is 14.2. The van der Waals surface area contributed by atoms with Crippen molar-refractivity contribution in [2.24, 2.45) is 0 Å². The Morgan fingerprint density at radius 1 is 0.872 bits per heavy atom. The van der Waals surface area contributed by atoms with E-state index in [1.54, 1.807) is 37.6 Å². The number of hydrogen-bond acceptors (Lipinski definition) is 7. The number of anilines is 1. The van der Waals surface area contributed by atoms with Crippen LogP contribution in [0.1, 0.15) is 0 Å². The summed E-state index contributed by atoms with van der Waals surface area (Å²) in [7, 11) is -2.82. The summed E-state index contributed by atoms with van der Waals surface area (Å²) in [6, 6.07) is 19.3. The van der Waals surface area contributed by atoms with E-state index in [1.165, 1.54) is 16.4 Å². The Bertz CT molecular complexity index is 1620. The molecule has 2 heterocycles. The second-order valence-electron chi connectivity index (χ2n) is 8.63. The van der Waals surface area contributed by atoms with Crippen LogP contribution in [0.4, 0.5) is 14.5 Å². The van der Waals surface area contributed by atoms with Crippen LogP contribution in [0.5, 0.6) is 5.75 Å². The van der Waals surface area contributed by atoms with Gasteiger partial charge < -0.3 is 9.64 Å². The van der Waals surface area contributed by atoms with Crippen LogP contribution in [0.2, 0.25) is 0 Å². The molecule has 1 aliphatic heterocycles. The molecule has 5 rings (SSSR count). The van der Waals surface area contributed by atoms with Gasteiger partial charge in [-0.15, -0.1) is 0 Å². The molecule has 0 saturated carbocycles. The molecule has 0 N–H and O–H groups in total. The molecule has 1 aromatic heterocycles. The third-order valence-corrected chi connectivity index (χ3v) is 9.34. The molecule has 0 amide bonds. The predicted octanol–water partition coefficient (Wildman–Crippen LogP) is 4.18. The Hall–Kier alpha value is -3.74. The van der Waals surface area contributed by atoms with E-state index in [-0.39, 0.29) is 31.7 Å². The average molecular weight is 571 g/mol. The van der Waals surface area contributed by atoms with Crippen LogP contribution < -0.4 is 15.2 Å². The minimum absolute atomic E-state index is 0.0233. The number of benzene rings is 3. The number of halogens is 2. The third-order valence-electron chi connectivity index (χ3n) is 6.29. The summed E-state index contributed by atoms with van der Waals surface area (Å²) >= 11 is 1.27. The van der Waals surface area contributed by atoms with Crippen molar-refractivity contribution < 1.29 is 21.9 Å². The molecule has 8 nitrogen and oxygen atoms in total.